The molecule has 4 rings (SSSR count). The van der Waals surface area contributed by atoms with Gasteiger partial charge in [0.1, 0.15) is 5.76 Å². The first-order chi connectivity index (χ1) is 11.7. The smallest absolute Gasteiger partial charge is 0.227 e. The Morgan fingerprint density at radius 1 is 1.00 bits per heavy atom. The van der Waals surface area contributed by atoms with Gasteiger partial charge in [0, 0.05) is 38.0 Å². The van der Waals surface area contributed by atoms with Crippen molar-refractivity contribution in [3.63, 3.8) is 0 Å². The lowest BCUT2D eigenvalue weighted by Crippen LogP contribution is -2.48. The summed E-state index contributed by atoms with van der Waals surface area (Å²) in [6, 6.07) is 3.83. The van der Waals surface area contributed by atoms with Crippen molar-refractivity contribution in [3.8, 4) is 0 Å². The van der Waals surface area contributed by atoms with E-state index in [9.17, 15) is 9.59 Å². The molecular formula is C19H26N2O3. The van der Waals surface area contributed by atoms with Gasteiger partial charge < -0.3 is 14.2 Å². The van der Waals surface area contributed by atoms with E-state index in [0.29, 0.717) is 6.54 Å². The van der Waals surface area contributed by atoms with Crippen LogP contribution in [0.4, 0.5) is 0 Å². The van der Waals surface area contributed by atoms with Gasteiger partial charge in [-0.1, -0.05) is 0 Å². The van der Waals surface area contributed by atoms with Gasteiger partial charge >= 0.3 is 0 Å². The molecule has 3 aliphatic rings. The molecule has 2 saturated heterocycles. The normalized spacial score (nSPS) is 30.2. The van der Waals surface area contributed by atoms with Crippen LogP contribution in [0.5, 0.6) is 0 Å². The van der Waals surface area contributed by atoms with Gasteiger partial charge in [0.15, 0.2) is 0 Å². The molecule has 1 aliphatic carbocycles. The molecule has 130 valence electrons. The van der Waals surface area contributed by atoms with Crippen LogP contribution in [0.2, 0.25) is 0 Å². The number of hydrogen-bond acceptors (Lipinski definition) is 3. The Kier molecular flexibility index (Phi) is 4.33. The van der Waals surface area contributed by atoms with Crippen molar-refractivity contribution in [2.24, 2.45) is 11.8 Å². The summed E-state index contributed by atoms with van der Waals surface area (Å²) in [4.78, 5) is 29.5. The molecule has 3 heterocycles. The Bertz CT molecular complexity index is 592. The van der Waals surface area contributed by atoms with Crippen LogP contribution in [0.25, 0.3) is 0 Å². The lowest BCUT2D eigenvalue weighted by atomic mass is 9.95. The maximum atomic E-state index is 12.8. The Labute approximate surface area is 143 Å². The fourth-order valence-corrected chi connectivity index (χ4v) is 4.27. The predicted molar refractivity (Wildman–Crippen MR) is 89.3 cm³/mol. The van der Waals surface area contributed by atoms with E-state index in [4.69, 9.17) is 4.42 Å². The molecule has 24 heavy (non-hydrogen) atoms. The van der Waals surface area contributed by atoms with Crippen molar-refractivity contribution in [1.29, 1.82) is 0 Å². The third-order valence-corrected chi connectivity index (χ3v) is 5.77. The third kappa shape index (κ3) is 3.08. The maximum Gasteiger partial charge on any atom is 0.227 e. The van der Waals surface area contributed by atoms with Gasteiger partial charge in [0.05, 0.1) is 12.2 Å². The number of hydrogen-bond donors (Lipinski definition) is 0. The second-order valence-electron chi connectivity index (χ2n) is 7.47. The second-order valence-corrected chi connectivity index (χ2v) is 7.47. The highest BCUT2D eigenvalue weighted by Crippen LogP contribution is 2.48. The molecule has 1 aromatic rings. The van der Waals surface area contributed by atoms with E-state index >= 15 is 0 Å². The number of rotatable bonds is 3. The largest absolute Gasteiger partial charge is 0.469 e. The standard InChI is InChI=1S/C19H26N2O3/c22-18(20-8-2-1-3-9-20)14-6-4-10-21(13-14)19(23)16-12-15(16)17-7-5-11-24-17/h5,7,11,14-16H,1-4,6,8-10,12-13H2/t14-,15-,16-/m1/s1. The molecule has 2 aliphatic heterocycles. The number of likely N-dealkylation sites (tertiary alicyclic amines) is 2. The minimum absolute atomic E-state index is 0.00149. The Balaban J connectivity index is 1.35. The van der Waals surface area contributed by atoms with E-state index in [2.05, 4.69) is 0 Å². The minimum atomic E-state index is 0.00149. The van der Waals surface area contributed by atoms with Crippen LogP contribution in [0, 0.1) is 11.8 Å². The molecule has 5 nitrogen and oxygen atoms in total. The van der Waals surface area contributed by atoms with Gasteiger partial charge in [-0.2, -0.15) is 0 Å². The average Bonchev–Trinajstić information content (AvgIpc) is 3.25. The summed E-state index contributed by atoms with van der Waals surface area (Å²) in [6.45, 7) is 3.19. The molecule has 0 bridgehead atoms. The van der Waals surface area contributed by atoms with Gasteiger partial charge in [-0.05, 0) is 50.7 Å². The topological polar surface area (TPSA) is 53.8 Å². The van der Waals surface area contributed by atoms with Crippen molar-refractivity contribution >= 4 is 11.8 Å². The summed E-state index contributed by atoms with van der Waals surface area (Å²) in [5.41, 5.74) is 0. The molecule has 1 saturated carbocycles. The fourth-order valence-electron chi connectivity index (χ4n) is 4.27. The molecule has 3 atom stereocenters. The summed E-state index contributed by atoms with van der Waals surface area (Å²) in [7, 11) is 0. The monoisotopic (exact) mass is 330 g/mol. The molecule has 3 fully saturated rings. The number of piperidine rings is 2. The Hall–Kier alpha value is -1.78. The van der Waals surface area contributed by atoms with E-state index in [1.165, 1.54) is 6.42 Å². The van der Waals surface area contributed by atoms with Crippen LogP contribution in [0.1, 0.15) is 50.2 Å². The summed E-state index contributed by atoms with van der Waals surface area (Å²) in [5.74, 6) is 1.71. The predicted octanol–water partition coefficient (Wildman–Crippen LogP) is 2.63. The SMILES string of the molecule is O=C([C@@H]1CCCN(C(=O)[C@@H]2C[C@H]2c2ccco2)C1)N1CCCCC1. The molecule has 0 aromatic carbocycles. The van der Waals surface area contributed by atoms with Crippen molar-refractivity contribution in [1.82, 2.24) is 9.80 Å². The van der Waals surface area contributed by atoms with Crippen LogP contribution in [0.3, 0.4) is 0 Å². The lowest BCUT2D eigenvalue weighted by molar-refractivity contribution is -0.142. The zero-order valence-corrected chi connectivity index (χ0v) is 14.2. The van der Waals surface area contributed by atoms with E-state index in [-0.39, 0.29) is 29.6 Å². The van der Waals surface area contributed by atoms with Gasteiger partial charge in [-0.3, -0.25) is 9.59 Å². The van der Waals surface area contributed by atoms with E-state index in [1.807, 2.05) is 21.9 Å². The van der Waals surface area contributed by atoms with Crippen molar-refractivity contribution in [2.75, 3.05) is 26.2 Å². The van der Waals surface area contributed by atoms with E-state index < -0.39 is 0 Å². The summed E-state index contributed by atoms with van der Waals surface area (Å²) in [5, 5.41) is 0. The van der Waals surface area contributed by atoms with Gasteiger partial charge in [0.25, 0.3) is 0 Å². The minimum Gasteiger partial charge on any atom is -0.469 e. The highest BCUT2D eigenvalue weighted by molar-refractivity contribution is 5.84. The summed E-state index contributed by atoms with van der Waals surface area (Å²) < 4.78 is 5.43. The highest BCUT2D eigenvalue weighted by Gasteiger charge is 2.48. The number of amides is 2. The van der Waals surface area contributed by atoms with Gasteiger partial charge in [0.2, 0.25) is 11.8 Å². The second kappa shape index (κ2) is 6.61. The zero-order valence-electron chi connectivity index (χ0n) is 14.2. The highest BCUT2D eigenvalue weighted by atomic mass is 16.3. The van der Waals surface area contributed by atoms with Crippen LogP contribution in [-0.2, 0) is 9.59 Å². The van der Waals surface area contributed by atoms with Crippen LogP contribution >= 0.6 is 0 Å². The Morgan fingerprint density at radius 3 is 2.54 bits per heavy atom. The van der Waals surface area contributed by atoms with Gasteiger partial charge in [-0.25, -0.2) is 0 Å². The Morgan fingerprint density at radius 2 is 1.79 bits per heavy atom. The number of nitrogens with zero attached hydrogens (tertiary/aromatic N) is 2. The third-order valence-electron chi connectivity index (χ3n) is 5.77. The summed E-state index contributed by atoms with van der Waals surface area (Å²) >= 11 is 0. The first kappa shape index (κ1) is 15.7. The molecule has 1 aromatic heterocycles. The molecular weight excluding hydrogens is 304 g/mol. The van der Waals surface area contributed by atoms with Crippen LogP contribution < -0.4 is 0 Å². The van der Waals surface area contributed by atoms with E-state index in [1.54, 1.807) is 6.26 Å². The van der Waals surface area contributed by atoms with Crippen molar-refractivity contribution in [3.05, 3.63) is 24.2 Å². The first-order valence-corrected chi connectivity index (χ1v) is 9.35. The number of furan rings is 1. The molecule has 2 amide bonds. The molecule has 0 spiro atoms. The molecule has 0 N–H and O–H groups in total. The van der Waals surface area contributed by atoms with Crippen LogP contribution in [-0.4, -0.2) is 47.8 Å². The first-order valence-electron chi connectivity index (χ1n) is 9.35. The molecule has 0 radical (unpaired) electrons. The quantitative estimate of drug-likeness (QED) is 0.856. The van der Waals surface area contributed by atoms with Crippen LogP contribution in [0.15, 0.2) is 22.8 Å². The average molecular weight is 330 g/mol. The summed E-state index contributed by atoms with van der Waals surface area (Å²) in [6.07, 6.45) is 7.88. The van der Waals surface area contributed by atoms with E-state index in [0.717, 1.165) is 57.5 Å². The molecule has 0 unspecified atom stereocenters. The maximum absolute atomic E-state index is 12.8. The van der Waals surface area contributed by atoms with Gasteiger partial charge in [-0.15, -0.1) is 0 Å². The van der Waals surface area contributed by atoms with Crippen molar-refractivity contribution in [2.45, 2.75) is 44.4 Å². The fraction of sp³-hybridized carbons (Fsp3) is 0.684. The molecule has 5 heteroatoms. The lowest BCUT2D eigenvalue weighted by Gasteiger charge is -2.36. The number of carbonyl (C=O) groups excluding carboxylic acids is 2. The van der Waals surface area contributed by atoms with Crippen molar-refractivity contribution < 1.29 is 14.0 Å². The number of carbonyl (C=O) groups is 2. The zero-order chi connectivity index (χ0) is 16.5.